The molecule has 3 rings (SSSR count). The van der Waals surface area contributed by atoms with E-state index in [-0.39, 0.29) is 18.2 Å². The Hall–Kier alpha value is -0.840. The van der Waals surface area contributed by atoms with Crippen molar-refractivity contribution in [2.45, 2.75) is 26.2 Å². The van der Waals surface area contributed by atoms with Crippen molar-refractivity contribution in [3.8, 4) is 5.75 Å². The van der Waals surface area contributed by atoms with Gasteiger partial charge in [-0.1, -0.05) is 31.5 Å². The third-order valence-corrected chi connectivity index (χ3v) is 5.88. The van der Waals surface area contributed by atoms with Gasteiger partial charge in [0, 0.05) is 23.9 Å². The molecule has 0 saturated carbocycles. The fraction of sp³-hybridized carbons (Fsp3) is 0.286. The van der Waals surface area contributed by atoms with Crippen molar-refractivity contribution in [3.63, 3.8) is 0 Å². The zero-order valence-electron chi connectivity index (χ0n) is 15.5. The smallest absolute Gasteiger partial charge is 0.197 e. The first-order valence-corrected chi connectivity index (χ1v) is 11.1. The first-order chi connectivity index (χ1) is 13.1. The molecule has 0 fully saturated rings. The minimum atomic E-state index is -0.00717. The molecule has 0 aliphatic rings. The first kappa shape index (κ1) is 23.4. The van der Waals surface area contributed by atoms with Crippen molar-refractivity contribution >= 4 is 74.3 Å². The fourth-order valence-electron chi connectivity index (χ4n) is 2.99. The Morgan fingerprint density at radius 3 is 2.50 bits per heavy atom. The van der Waals surface area contributed by atoms with E-state index in [0.29, 0.717) is 24.3 Å². The van der Waals surface area contributed by atoms with Gasteiger partial charge in [0.25, 0.3) is 0 Å². The number of benzene rings is 2. The number of ether oxygens (including phenoxy) is 1. The summed E-state index contributed by atoms with van der Waals surface area (Å²) in [7, 11) is 0. The van der Waals surface area contributed by atoms with Crippen molar-refractivity contribution in [1.82, 2.24) is 0 Å². The van der Waals surface area contributed by atoms with E-state index in [0.717, 1.165) is 48.9 Å². The number of ketones is 1. The molecule has 0 unspecified atom stereocenters. The number of aryl methyl sites for hydroxylation is 1. The maximum absolute atomic E-state index is 13.4. The lowest BCUT2D eigenvalue weighted by Gasteiger charge is -2.11. The van der Waals surface area contributed by atoms with E-state index in [4.69, 9.17) is 14.9 Å². The molecule has 0 radical (unpaired) electrons. The number of unbranched alkanes of at least 4 members (excludes halogenated alkanes) is 1. The number of rotatable bonds is 8. The standard InChI is InChI=1S/C21H21I2NO3.ClH/c1-2-3-7-18-19(14-6-4-5-8-17(14)27-18)20(25)13-11-15(22)21(16(23)12-13)26-10-9-24;/h4-6,8,11-12H,2-3,7,9-10,24H2,1H3;1H. The van der Waals surface area contributed by atoms with Crippen LogP contribution in [-0.2, 0) is 6.42 Å². The van der Waals surface area contributed by atoms with Crippen molar-refractivity contribution in [1.29, 1.82) is 0 Å². The Kier molecular flexibility index (Phi) is 9.04. The second kappa shape index (κ2) is 10.8. The van der Waals surface area contributed by atoms with Crippen LogP contribution in [0.15, 0.2) is 40.8 Å². The van der Waals surface area contributed by atoms with Gasteiger partial charge < -0.3 is 14.9 Å². The fourth-order valence-corrected chi connectivity index (χ4v) is 5.07. The van der Waals surface area contributed by atoms with E-state index in [1.54, 1.807) is 0 Å². The van der Waals surface area contributed by atoms with Crippen LogP contribution in [0, 0.1) is 7.14 Å². The number of nitrogens with two attached hydrogens (primary N) is 1. The van der Waals surface area contributed by atoms with Gasteiger partial charge in [0.15, 0.2) is 5.78 Å². The van der Waals surface area contributed by atoms with Gasteiger partial charge in [0.05, 0.1) is 12.7 Å². The van der Waals surface area contributed by atoms with Gasteiger partial charge >= 0.3 is 0 Å². The number of carbonyl (C=O) groups is 1. The topological polar surface area (TPSA) is 65.5 Å². The summed E-state index contributed by atoms with van der Waals surface area (Å²) in [4.78, 5) is 13.4. The van der Waals surface area contributed by atoms with Crippen molar-refractivity contribution < 1.29 is 13.9 Å². The van der Waals surface area contributed by atoms with Crippen LogP contribution in [0.4, 0.5) is 0 Å². The van der Waals surface area contributed by atoms with Crippen molar-refractivity contribution in [2.75, 3.05) is 13.2 Å². The summed E-state index contributed by atoms with van der Waals surface area (Å²) in [5.74, 6) is 1.55. The molecule has 0 bridgehead atoms. The van der Waals surface area contributed by atoms with Gasteiger partial charge in [0.1, 0.15) is 23.7 Å². The molecule has 1 heterocycles. The van der Waals surface area contributed by atoms with Gasteiger partial charge in [-0.3, -0.25) is 4.79 Å². The average Bonchev–Trinajstić information content (AvgIpc) is 3.03. The van der Waals surface area contributed by atoms with E-state index in [9.17, 15) is 4.79 Å². The minimum Gasteiger partial charge on any atom is -0.490 e. The third-order valence-electron chi connectivity index (χ3n) is 4.28. The lowest BCUT2D eigenvalue weighted by molar-refractivity contribution is 0.103. The van der Waals surface area contributed by atoms with Crippen LogP contribution in [-0.4, -0.2) is 18.9 Å². The average molecular weight is 626 g/mol. The molecule has 4 nitrogen and oxygen atoms in total. The lowest BCUT2D eigenvalue weighted by Crippen LogP contribution is -2.12. The normalized spacial score (nSPS) is 10.7. The molecule has 7 heteroatoms. The zero-order valence-corrected chi connectivity index (χ0v) is 20.6. The Balaban J connectivity index is 0.00000280. The Labute approximate surface area is 198 Å². The summed E-state index contributed by atoms with van der Waals surface area (Å²) in [5, 5.41) is 0.877. The summed E-state index contributed by atoms with van der Waals surface area (Å²) in [5.41, 5.74) is 7.63. The number of carbonyl (C=O) groups excluding carboxylic acids is 1. The number of hydrogen-bond donors (Lipinski definition) is 1. The van der Waals surface area contributed by atoms with Crippen LogP contribution < -0.4 is 10.5 Å². The van der Waals surface area contributed by atoms with Crippen LogP contribution in [0.25, 0.3) is 11.0 Å². The quantitative estimate of drug-likeness (QED) is 0.247. The Bertz CT molecular complexity index is 948. The van der Waals surface area contributed by atoms with E-state index in [1.807, 2.05) is 36.4 Å². The summed E-state index contributed by atoms with van der Waals surface area (Å²) in [6.07, 6.45) is 2.80. The molecule has 3 aromatic rings. The van der Waals surface area contributed by atoms with Crippen LogP contribution in [0.1, 0.15) is 41.4 Å². The largest absolute Gasteiger partial charge is 0.490 e. The zero-order chi connectivity index (χ0) is 19.4. The maximum Gasteiger partial charge on any atom is 0.197 e. The predicted octanol–water partition coefficient (Wildman–Crippen LogP) is 5.97. The third kappa shape index (κ3) is 5.01. The molecule has 0 atom stereocenters. The summed E-state index contributed by atoms with van der Waals surface area (Å²) < 4.78 is 13.5. The molecule has 0 spiro atoms. The molecule has 0 amide bonds. The number of halogens is 3. The molecule has 0 aliphatic carbocycles. The lowest BCUT2D eigenvalue weighted by atomic mass is 9.98. The maximum atomic E-state index is 13.4. The highest BCUT2D eigenvalue weighted by atomic mass is 127. The van der Waals surface area contributed by atoms with E-state index in [2.05, 4.69) is 52.1 Å². The van der Waals surface area contributed by atoms with E-state index < -0.39 is 0 Å². The highest BCUT2D eigenvalue weighted by Crippen LogP contribution is 2.33. The molecule has 2 aromatic carbocycles. The summed E-state index contributed by atoms with van der Waals surface area (Å²) in [6.45, 7) is 3.04. The molecule has 0 saturated heterocycles. The van der Waals surface area contributed by atoms with Gasteiger partial charge in [-0.25, -0.2) is 0 Å². The van der Waals surface area contributed by atoms with Crippen LogP contribution in [0.3, 0.4) is 0 Å². The van der Waals surface area contributed by atoms with Crippen molar-refractivity contribution in [3.05, 3.63) is 60.4 Å². The minimum absolute atomic E-state index is 0. The summed E-state index contributed by atoms with van der Waals surface area (Å²) in [6, 6.07) is 11.5. The first-order valence-electron chi connectivity index (χ1n) is 8.93. The van der Waals surface area contributed by atoms with E-state index >= 15 is 0 Å². The highest BCUT2D eigenvalue weighted by molar-refractivity contribution is 14.1. The molecular weight excluding hydrogens is 603 g/mol. The van der Waals surface area contributed by atoms with Crippen LogP contribution in [0.2, 0.25) is 0 Å². The molecule has 0 aliphatic heterocycles. The predicted molar refractivity (Wildman–Crippen MR) is 132 cm³/mol. The second-order valence-electron chi connectivity index (χ2n) is 6.24. The van der Waals surface area contributed by atoms with Gasteiger partial charge in [0.2, 0.25) is 0 Å². The number of para-hydroxylation sites is 1. The molecule has 150 valence electrons. The molecular formula is C21H22ClI2NO3. The van der Waals surface area contributed by atoms with Crippen LogP contribution in [0.5, 0.6) is 5.75 Å². The van der Waals surface area contributed by atoms with Crippen molar-refractivity contribution in [2.24, 2.45) is 5.73 Å². The summed E-state index contributed by atoms with van der Waals surface area (Å²) >= 11 is 4.41. The van der Waals surface area contributed by atoms with Gasteiger partial charge in [-0.15, -0.1) is 12.4 Å². The molecule has 2 N–H and O–H groups in total. The van der Waals surface area contributed by atoms with Gasteiger partial charge in [-0.05, 0) is 69.8 Å². The molecule has 28 heavy (non-hydrogen) atoms. The van der Waals surface area contributed by atoms with Crippen LogP contribution >= 0.6 is 57.6 Å². The second-order valence-corrected chi connectivity index (χ2v) is 8.56. The monoisotopic (exact) mass is 625 g/mol. The highest BCUT2D eigenvalue weighted by Gasteiger charge is 2.23. The van der Waals surface area contributed by atoms with E-state index in [1.165, 1.54) is 0 Å². The Morgan fingerprint density at radius 1 is 1.18 bits per heavy atom. The molecule has 1 aromatic heterocycles. The Morgan fingerprint density at radius 2 is 1.86 bits per heavy atom. The number of furan rings is 1. The van der Waals surface area contributed by atoms with Gasteiger partial charge in [-0.2, -0.15) is 0 Å². The number of fused-ring (bicyclic) bond motifs is 1. The number of hydrogen-bond acceptors (Lipinski definition) is 4. The SMILES string of the molecule is CCCCc1oc2ccccc2c1C(=O)c1cc(I)c(OCCN)c(I)c1.Cl.